The van der Waals surface area contributed by atoms with Crippen LogP contribution in [0.1, 0.15) is 39.5 Å². The molecule has 6 nitrogen and oxygen atoms in total. The van der Waals surface area contributed by atoms with Gasteiger partial charge in [0.25, 0.3) is 0 Å². The second kappa shape index (κ2) is 7.17. The van der Waals surface area contributed by atoms with E-state index in [1.807, 2.05) is 6.92 Å². The van der Waals surface area contributed by atoms with Crippen molar-refractivity contribution in [3.8, 4) is 0 Å². The summed E-state index contributed by atoms with van der Waals surface area (Å²) >= 11 is 0. The maximum absolute atomic E-state index is 12.6. The molecule has 1 saturated heterocycles. The van der Waals surface area contributed by atoms with Gasteiger partial charge in [0, 0.05) is 19.6 Å². The molecule has 2 rings (SSSR count). The minimum Gasteiger partial charge on any atom is -0.355 e. The van der Waals surface area contributed by atoms with Crippen molar-refractivity contribution in [3.05, 3.63) is 12.4 Å². The number of aromatic nitrogens is 2. The van der Waals surface area contributed by atoms with E-state index in [9.17, 15) is 8.42 Å². The highest BCUT2D eigenvalue weighted by molar-refractivity contribution is 7.89. The molecule has 1 aromatic rings. The predicted octanol–water partition coefficient (Wildman–Crippen LogP) is 2.11. The molecule has 0 aromatic carbocycles. The summed E-state index contributed by atoms with van der Waals surface area (Å²) < 4.78 is 26.8. The van der Waals surface area contributed by atoms with E-state index >= 15 is 0 Å². The Morgan fingerprint density at radius 3 is 2.57 bits per heavy atom. The SMILES string of the molecule is CCNc1ncc(S(=O)(=O)N2CCCC(CC)CC2)cn1. The van der Waals surface area contributed by atoms with Crippen molar-refractivity contribution in [2.75, 3.05) is 25.0 Å². The van der Waals surface area contributed by atoms with Crippen LogP contribution in [0.3, 0.4) is 0 Å². The van der Waals surface area contributed by atoms with Gasteiger partial charge in [-0.05, 0) is 32.1 Å². The molecule has 0 aliphatic carbocycles. The van der Waals surface area contributed by atoms with E-state index in [4.69, 9.17) is 0 Å². The van der Waals surface area contributed by atoms with Gasteiger partial charge in [-0.3, -0.25) is 0 Å². The number of hydrogen-bond acceptors (Lipinski definition) is 5. The van der Waals surface area contributed by atoms with Crippen LogP contribution in [0.15, 0.2) is 17.3 Å². The molecule has 1 aliphatic heterocycles. The Labute approximate surface area is 127 Å². The summed E-state index contributed by atoms with van der Waals surface area (Å²) in [6.45, 7) is 6.00. The molecule has 1 aromatic heterocycles. The molecule has 1 unspecified atom stereocenters. The lowest BCUT2D eigenvalue weighted by Gasteiger charge is -2.19. The van der Waals surface area contributed by atoms with Gasteiger partial charge in [0.15, 0.2) is 0 Å². The molecule has 1 aliphatic rings. The van der Waals surface area contributed by atoms with E-state index in [2.05, 4.69) is 22.2 Å². The fourth-order valence-electron chi connectivity index (χ4n) is 2.64. The monoisotopic (exact) mass is 312 g/mol. The van der Waals surface area contributed by atoms with Gasteiger partial charge in [-0.15, -0.1) is 0 Å². The Balaban J connectivity index is 2.13. The molecule has 118 valence electrons. The van der Waals surface area contributed by atoms with E-state index < -0.39 is 10.0 Å². The lowest BCUT2D eigenvalue weighted by Crippen LogP contribution is -2.32. The molecule has 0 saturated carbocycles. The van der Waals surface area contributed by atoms with E-state index in [1.54, 1.807) is 4.31 Å². The highest BCUT2D eigenvalue weighted by Crippen LogP contribution is 2.24. The summed E-state index contributed by atoms with van der Waals surface area (Å²) in [5.74, 6) is 1.09. The third-order valence-corrected chi connectivity index (χ3v) is 5.84. The van der Waals surface area contributed by atoms with Crippen molar-refractivity contribution in [1.82, 2.24) is 14.3 Å². The standard InChI is InChI=1S/C14H24N4O2S/c1-3-12-6-5-8-18(9-7-12)21(19,20)13-10-16-14(15-4-2)17-11-13/h10-12H,3-9H2,1-2H3,(H,15,16,17). The molecule has 2 heterocycles. The normalized spacial score (nSPS) is 21.0. The molecule has 1 N–H and O–H groups in total. The van der Waals surface area contributed by atoms with Gasteiger partial charge in [-0.2, -0.15) is 4.31 Å². The zero-order valence-corrected chi connectivity index (χ0v) is 13.6. The third-order valence-electron chi connectivity index (χ3n) is 3.98. The molecule has 1 atom stereocenters. The van der Waals surface area contributed by atoms with Gasteiger partial charge < -0.3 is 5.32 Å². The van der Waals surface area contributed by atoms with Crippen LogP contribution in [-0.2, 0) is 10.0 Å². The molecular formula is C14H24N4O2S. The topological polar surface area (TPSA) is 75.2 Å². The number of hydrogen-bond donors (Lipinski definition) is 1. The van der Waals surface area contributed by atoms with Crippen LogP contribution in [0.25, 0.3) is 0 Å². The van der Waals surface area contributed by atoms with Crippen LogP contribution in [0, 0.1) is 5.92 Å². The predicted molar refractivity (Wildman–Crippen MR) is 82.6 cm³/mol. The Bertz CT molecular complexity index is 545. The summed E-state index contributed by atoms with van der Waals surface area (Å²) in [7, 11) is -3.47. The minimum absolute atomic E-state index is 0.180. The molecular weight excluding hydrogens is 288 g/mol. The second-order valence-electron chi connectivity index (χ2n) is 5.38. The van der Waals surface area contributed by atoms with Gasteiger partial charge in [-0.1, -0.05) is 13.3 Å². The van der Waals surface area contributed by atoms with Gasteiger partial charge >= 0.3 is 0 Å². The van der Waals surface area contributed by atoms with Crippen LogP contribution in [0.4, 0.5) is 5.95 Å². The minimum atomic E-state index is -3.47. The highest BCUT2D eigenvalue weighted by atomic mass is 32.2. The van der Waals surface area contributed by atoms with Gasteiger partial charge in [0.2, 0.25) is 16.0 Å². The van der Waals surface area contributed by atoms with Gasteiger partial charge in [0.05, 0.1) is 12.4 Å². The highest BCUT2D eigenvalue weighted by Gasteiger charge is 2.27. The molecule has 0 spiro atoms. The molecule has 0 radical (unpaired) electrons. The Hall–Kier alpha value is -1.21. The zero-order chi connectivity index (χ0) is 15.3. The molecule has 1 fully saturated rings. The van der Waals surface area contributed by atoms with Crippen molar-refractivity contribution >= 4 is 16.0 Å². The second-order valence-corrected chi connectivity index (χ2v) is 7.32. The first-order valence-corrected chi connectivity index (χ1v) is 9.08. The zero-order valence-electron chi connectivity index (χ0n) is 12.7. The Kier molecular flexibility index (Phi) is 5.52. The molecule has 7 heteroatoms. The van der Waals surface area contributed by atoms with Crippen molar-refractivity contribution < 1.29 is 8.42 Å². The Morgan fingerprint density at radius 1 is 1.24 bits per heavy atom. The summed E-state index contributed by atoms with van der Waals surface area (Å²) in [6.07, 6.45) is 6.87. The number of rotatable bonds is 5. The van der Waals surface area contributed by atoms with Crippen molar-refractivity contribution in [1.29, 1.82) is 0 Å². The van der Waals surface area contributed by atoms with E-state index in [0.717, 1.165) is 25.7 Å². The van der Waals surface area contributed by atoms with E-state index in [0.29, 0.717) is 31.5 Å². The summed E-state index contributed by atoms with van der Waals surface area (Å²) in [5.41, 5.74) is 0. The maximum atomic E-state index is 12.6. The summed E-state index contributed by atoms with van der Waals surface area (Å²) in [4.78, 5) is 8.29. The van der Waals surface area contributed by atoms with Crippen molar-refractivity contribution in [3.63, 3.8) is 0 Å². The van der Waals surface area contributed by atoms with Crippen molar-refractivity contribution in [2.24, 2.45) is 5.92 Å². The molecule has 21 heavy (non-hydrogen) atoms. The average Bonchev–Trinajstić information content (AvgIpc) is 2.74. The first-order valence-electron chi connectivity index (χ1n) is 7.64. The number of nitrogens with one attached hydrogen (secondary N) is 1. The molecule has 0 bridgehead atoms. The lowest BCUT2D eigenvalue weighted by atomic mass is 9.98. The van der Waals surface area contributed by atoms with Crippen LogP contribution in [0.5, 0.6) is 0 Å². The van der Waals surface area contributed by atoms with Crippen LogP contribution < -0.4 is 5.32 Å². The Morgan fingerprint density at radius 2 is 1.95 bits per heavy atom. The number of anilines is 1. The van der Waals surface area contributed by atoms with Crippen LogP contribution in [0.2, 0.25) is 0 Å². The number of sulfonamides is 1. The average molecular weight is 312 g/mol. The van der Waals surface area contributed by atoms with Crippen molar-refractivity contribution in [2.45, 2.75) is 44.4 Å². The lowest BCUT2D eigenvalue weighted by molar-refractivity contribution is 0.407. The van der Waals surface area contributed by atoms with E-state index in [-0.39, 0.29) is 4.90 Å². The van der Waals surface area contributed by atoms with Crippen LogP contribution >= 0.6 is 0 Å². The summed E-state index contributed by atoms with van der Waals surface area (Å²) in [6, 6.07) is 0. The fourth-order valence-corrected chi connectivity index (χ4v) is 4.02. The van der Waals surface area contributed by atoms with Crippen LogP contribution in [-0.4, -0.2) is 42.3 Å². The first-order chi connectivity index (χ1) is 10.1. The van der Waals surface area contributed by atoms with E-state index in [1.165, 1.54) is 12.4 Å². The van der Waals surface area contributed by atoms with Gasteiger partial charge in [0.1, 0.15) is 4.90 Å². The first kappa shape index (κ1) is 16.2. The quantitative estimate of drug-likeness (QED) is 0.901. The maximum Gasteiger partial charge on any atom is 0.246 e. The summed E-state index contributed by atoms with van der Waals surface area (Å²) in [5, 5.41) is 2.96. The largest absolute Gasteiger partial charge is 0.355 e. The molecule has 0 amide bonds. The fraction of sp³-hybridized carbons (Fsp3) is 0.714. The van der Waals surface area contributed by atoms with Gasteiger partial charge in [-0.25, -0.2) is 18.4 Å². The number of nitrogens with zero attached hydrogens (tertiary/aromatic N) is 3. The smallest absolute Gasteiger partial charge is 0.246 e. The third kappa shape index (κ3) is 3.91.